The first-order chi connectivity index (χ1) is 15.0. The summed E-state index contributed by atoms with van der Waals surface area (Å²) in [6.07, 6.45) is 2.29. The molecular weight excluding hydrogens is 434 g/mol. The maximum Gasteiger partial charge on any atom is 0.293 e. The summed E-state index contributed by atoms with van der Waals surface area (Å²) in [5.41, 5.74) is 1.59. The van der Waals surface area contributed by atoms with Crippen molar-refractivity contribution < 1.29 is 9.72 Å². The second-order valence-electron chi connectivity index (χ2n) is 7.22. The number of benzene rings is 2. The standard InChI is InChI=1S/C21H21N5O3S2/c1-14-9-10-16(17(13-14)26(28)29)22-19(27)18(15-7-3-2-4-8-15)30-21-24-23-20(31-21)25-11-5-6-12-25/h2-4,7-10,13,18H,5-6,11-12H2,1H3,(H,22,27). The van der Waals surface area contributed by atoms with Crippen molar-refractivity contribution in [1.82, 2.24) is 10.2 Å². The van der Waals surface area contributed by atoms with E-state index < -0.39 is 10.2 Å². The van der Waals surface area contributed by atoms with Crippen LogP contribution in [0.15, 0.2) is 52.9 Å². The third kappa shape index (κ3) is 5.02. The first-order valence-electron chi connectivity index (χ1n) is 9.87. The van der Waals surface area contributed by atoms with Crippen LogP contribution in [0.3, 0.4) is 0 Å². The number of hydrogen-bond donors (Lipinski definition) is 1. The van der Waals surface area contributed by atoms with E-state index >= 15 is 0 Å². The van der Waals surface area contributed by atoms with Crippen LogP contribution in [-0.4, -0.2) is 34.1 Å². The highest BCUT2D eigenvalue weighted by molar-refractivity contribution is 8.02. The fourth-order valence-corrected chi connectivity index (χ4v) is 5.47. The highest BCUT2D eigenvalue weighted by atomic mass is 32.2. The Morgan fingerprint density at radius 3 is 2.65 bits per heavy atom. The molecule has 0 aliphatic carbocycles. The van der Waals surface area contributed by atoms with Gasteiger partial charge in [0.2, 0.25) is 11.0 Å². The number of aryl methyl sites for hydroxylation is 1. The lowest BCUT2D eigenvalue weighted by molar-refractivity contribution is -0.384. The lowest BCUT2D eigenvalue weighted by Crippen LogP contribution is -2.19. The molecule has 1 N–H and O–H groups in total. The van der Waals surface area contributed by atoms with Gasteiger partial charge < -0.3 is 10.2 Å². The van der Waals surface area contributed by atoms with Crippen molar-refractivity contribution >= 4 is 45.5 Å². The van der Waals surface area contributed by atoms with Crippen molar-refractivity contribution in [3.8, 4) is 0 Å². The Labute approximate surface area is 187 Å². The van der Waals surface area contributed by atoms with Crippen molar-refractivity contribution in [2.24, 2.45) is 0 Å². The summed E-state index contributed by atoms with van der Waals surface area (Å²) >= 11 is 2.77. The molecule has 1 amide bonds. The maximum atomic E-state index is 13.2. The molecule has 1 saturated heterocycles. The molecule has 160 valence electrons. The van der Waals surface area contributed by atoms with E-state index in [1.807, 2.05) is 30.3 Å². The van der Waals surface area contributed by atoms with Crippen LogP contribution in [0.25, 0.3) is 0 Å². The molecular formula is C21H21N5O3S2. The number of carbonyl (C=O) groups is 1. The molecule has 1 aliphatic rings. The summed E-state index contributed by atoms with van der Waals surface area (Å²) in [6.45, 7) is 3.71. The number of rotatable bonds is 7. The third-order valence-corrected chi connectivity index (χ3v) is 7.26. The van der Waals surface area contributed by atoms with Gasteiger partial charge in [-0.25, -0.2) is 0 Å². The molecule has 3 aromatic rings. The largest absolute Gasteiger partial charge is 0.347 e. The molecule has 1 unspecified atom stereocenters. The number of hydrogen-bond acceptors (Lipinski definition) is 8. The predicted octanol–water partition coefficient (Wildman–Crippen LogP) is 4.83. The zero-order valence-corrected chi connectivity index (χ0v) is 18.5. The average Bonchev–Trinajstić information content (AvgIpc) is 3.45. The number of anilines is 2. The van der Waals surface area contributed by atoms with E-state index in [2.05, 4.69) is 20.4 Å². The summed E-state index contributed by atoms with van der Waals surface area (Å²) in [7, 11) is 0. The van der Waals surface area contributed by atoms with E-state index in [4.69, 9.17) is 0 Å². The Balaban J connectivity index is 1.59. The van der Waals surface area contributed by atoms with Gasteiger partial charge in [-0.15, -0.1) is 10.2 Å². The zero-order valence-electron chi connectivity index (χ0n) is 16.9. The molecule has 1 fully saturated rings. The van der Waals surface area contributed by atoms with E-state index in [0.717, 1.165) is 42.2 Å². The summed E-state index contributed by atoms with van der Waals surface area (Å²) in [5.74, 6) is -0.346. The number of nitro benzene ring substituents is 1. The minimum Gasteiger partial charge on any atom is -0.347 e. The Morgan fingerprint density at radius 2 is 1.94 bits per heavy atom. The second-order valence-corrected chi connectivity index (χ2v) is 9.53. The first-order valence-corrected chi connectivity index (χ1v) is 11.6. The van der Waals surface area contributed by atoms with Crippen molar-refractivity contribution in [2.75, 3.05) is 23.3 Å². The number of amides is 1. The SMILES string of the molecule is Cc1ccc(NC(=O)C(Sc2nnc(N3CCCC3)s2)c2ccccc2)c([N+](=O)[O-])c1. The van der Waals surface area contributed by atoms with E-state index in [-0.39, 0.29) is 17.3 Å². The monoisotopic (exact) mass is 455 g/mol. The van der Waals surface area contributed by atoms with E-state index in [0.29, 0.717) is 4.34 Å². The molecule has 8 nitrogen and oxygen atoms in total. The molecule has 10 heteroatoms. The molecule has 4 rings (SSSR count). The van der Waals surface area contributed by atoms with E-state index in [1.165, 1.54) is 29.2 Å². The fraction of sp³-hybridized carbons (Fsp3) is 0.286. The minimum absolute atomic E-state index is 0.127. The fourth-order valence-electron chi connectivity index (χ4n) is 3.38. The van der Waals surface area contributed by atoms with Crippen LogP contribution in [0.5, 0.6) is 0 Å². The van der Waals surface area contributed by atoms with Gasteiger partial charge >= 0.3 is 0 Å². The van der Waals surface area contributed by atoms with Crippen LogP contribution in [0, 0.1) is 17.0 Å². The first kappa shape index (κ1) is 21.3. The molecule has 2 aromatic carbocycles. The van der Waals surface area contributed by atoms with Crippen LogP contribution in [0.2, 0.25) is 0 Å². The van der Waals surface area contributed by atoms with Gasteiger partial charge in [0.1, 0.15) is 10.9 Å². The minimum atomic E-state index is -0.624. The van der Waals surface area contributed by atoms with Crippen molar-refractivity contribution in [3.05, 3.63) is 69.8 Å². The summed E-state index contributed by atoms with van der Waals surface area (Å²) in [6, 6.07) is 14.1. The number of nitrogens with one attached hydrogen (secondary N) is 1. The quantitative estimate of drug-likeness (QED) is 0.309. The molecule has 0 saturated carbocycles. The van der Waals surface area contributed by atoms with E-state index in [1.54, 1.807) is 19.1 Å². The topological polar surface area (TPSA) is 101 Å². The maximum absolute atomic E-state index is 13.2. The molecule has 1 atom stereocenters. The lowest BCUT2D eigenvalue weighted by Gasteiger charge is -2.16. The summed E-state index contributed by atoms with van der Waals surface area (Å²) in [4.78, 5) is 26.4. The number of nitrogens with zero attached hydrogens (tertiary/aromatic N) is 4. The molecule has 0 spiro atoms. The Morgan fingerprint density at radius 1 is 1.19 bits per heavy atom. The predicted molar refractivity (Wildman–Crippen MR) is 123 cm³/mol. The molecule has 0 bridgehead atoms. The lowest BCUT2D eigenvalue weighted by atomic mass is 10.1. The Hall–Kier alpha value is -2.98. The van der Waals surface area contributed by atoms with Gasteiger partial charge in [-0.2, -0.15) is 0 Å². The molecule has 2 heterocycles. The molecule has 0 radical (unpaired) electrons. The third-order valence-electron chi connectivity index (χ3n) is 4.94. The van der Waals surface area contributed by atoms with Gasteiger partial charge in [-0.05, 0) is 37.0 Å². The van der Waals surface area contributed by atoms with E-state index in [9.17, 15) is 14.9 Å². The van der Waals surface area contributed by atoms with Crippen LogP contribution in [0.1, 0.15) is 29.2 Å². The highest BCUT2D eigenvalue weighted by Gasteiger charge is 2.27. The molecule has 1 aliphatic heterocycles. The number of carbonyl (C=O) groups excluding carboxylic acids is 1. The van der Waals surface area contributed by atoms with Gasteiger partial charge in [0.05, 0.1) is 4.92 Å². The summed E-state index contributed by atoms with van der Waals surface area (Å²) < 4.78 is 0.685. The van der Waals surface area contributed by atoms with Gasteiger partial charge in [0.25, 0.3) is 5.69 Å². The van der Waals surface area contributed by atoms with Gasteiger partial charge in [-0.1, -0.05) is 59.5 Å². The van der Waals surface area contributed by atoms with Crippen molar-refractivity contribution in [2.45, 2.75) is 29.4 Å². The Bertz CT molecular complexity index is 1080. The van der Waals surface area contributed by atoms with Crippen LogP contribution >= 0.6 is 23.1 Å². The second kappa shape index (κ2) is 9.44. The van der Waals surface area contributed by atoms with Gasteiger partial charge in [0.15, 0.2) is 4.34 Å². The van der Waals surface area contributed by atoms with Crippen LogP contribution in [0.4, 0.5) is 16.5 Å². The van der Waals surface area contributed by atoms with Crippen molar-refractivity contribution in [3.63, 3.8) is 0 Å². The number of thioether (sulfide) groups is 1. The van der Waals surface area contributed by atoms with Crippen LogP contribution in [-0.2, 0) is 4.79 Å². The highest BCUT2D eigenvalue weighted by Crippen LogP contribution is 2.40. The number of nitro groups is 1. The zero-order chi connectivity index (χ0) is 21.8. The smallest absolute Gasteiger partial charge is 0.293 e. The molecule has 1 aromatic heterocycles. The Kier molecular flexibility index (Phi) is 6.47. The number of aromatic nitrogens is 2. The van der Waals surface area contributed by atoms with Gasteiger partial charge in [0, 0.05) is 19.2 Å². The summed E-state index contributed by atoms with van der Waals surface area (Å²) in [5, 5.41) is 23.0. The average molecular weight is 456 g/mol. The normalized spacial score (nSPS) is 14.4. The van der Waals surface area contributed by atoms with Gasteiger partial charge in [-0.3, -0.25) is 14.9 Å². The molecule has 31 heavy (non-hydrogen) atoms. The van der Waals surface area contributed by atoms with Crippen molar-refractivity contribution in [1.29, 1.82) is 0 Å². The van der Waals surface area contributed by atoms with Crippen LogP contribution < -0.4 is 10.2 Å².